The van der Waals surface area contributed by atoms with Gasteiger partial charge in [0.2, 0.25) is 5.91 Å². The lowest BCUT2D eigenvalue weighted by atomic mass is 9.79. The smallest absolute Gasteiger partial charge is 0.225 e. The molecule has 1 rings (SSSR count). The average Bonchev–Trinajstić information content (AvgIpc) is 2.36. The highest BCUT2D eigenvalue weighted by molar-refractivity contribution is 5.76. The maximum Gasteiger partial charge on any atom is 0.225 e. The van der Waals surface area contributed by atoms with Gasteiger partial charge in [0.15, 0.2) is 0 Å². The first kappa shape index (κ1) is 13.5. The van der Waals surface area contributed by atoms with E-state index in [2.05, 4.69) is 0 Å². The quantitative estimate of drug-likeness (QED) is 0.733. The van der Waals surface area contributed by atoms with Crippen LogP contribution < -0.4 is 0 Å². The minimum absolute atomic E-state index is 0.0688. The predicted molar refractivity (Wildman–Crippen MR) is 62.1 cm³/mol. The van der Waals surface area contributed by atoms with E-state index in [0.717, 1.165) is 0 Å². The summed E-state index contributed by atoms with van der Waals surface area (Å²) in [6.07, 6.45) is 0.403. The zero-order valence-electron chi connectivity index (χ0n) is 10.7. The lowest BCUT2D eigenvalue weighted by Gasteiger charge is -2.30. The number of rotatable bonds is 4. The molecule has 1 aliphatic rings. The molecule has 0 radical (unpaired) electrons. The van der Waals surface area contributed by atoms with E-state index in [1.54, 1.807) is 11.8 Å². The van der Waals surface area contributed by atoms with Gasteiger partial charge in [0, 0.05) is 25.1 Å². The summed E-state index contributed by atoms with van der Waals surface area (Å²) >= 11 is 0. The minimum Gasteiger partial charge on any atom is -0.388 e. The lowest BCUT2D eigenvalue weighted by Crippen LogP contribution is -2.40. The molecule has 4 nitrogen and oxygen atoms in total. The van der Waals surface area contributed by atoms with E-state index in [4.69, 9.17) is 4.74 Å². The molecule has 0 saturated carbocycles. The van der Waals surface area contributed by atoms with Gasteiger partial charge in [-0.25, -0.2) is 0 Å². The molecule has 1 N–H and O–H groups in total. The summed E-state index contributed by atoms with van der Waals surface area (Å²) in [5.41, 5.74) is -1.04. The summed E-state index contributed by atoms with van der Waals surface area (Å²) in [4.78, 5) is 13.6. The molecular weight excluding hydrogens is 206 g/mol. The normalized spacial score (nSPS) is 28.4. The van der Waals surface area contributed by atoms with Crippen molar-refractivity contribution < 1.29 is 14.6 Å². The number of hydrogen-bond acceptors (Lipinski definition) is 3. The Balaban J connectivity index is 2.49. The summed E-state index contributed by atoms with van der Waals surface area (Å²) < 4.78 is 5.16. The topological polar surface area (TPSA) is 49.8 Å². The van der Waals surface area contributed by atoms with Gasteiger partial charge < -0.3 is 14.7 Å². The predicted octanol–water partition coefficient (Wildman–Crippen LogP) is 1.03. The van der Waals surface area contributed by atoms with Gasteiger partial charge in [-0.15, -0.1) is 0 Å². The van der Waals surface area contributed by atoms with Crippen molar-refractivity contribution in [2.24, 2.45) is 5.41 Å². The molecule has 94 valence electrons. The van der Waals surface area contributed by atoms with E-state index in [-0.39, 0.29) is 11.3 Å². The zero-order chi connectivity index (χ0) is 12.4. The third-order valence-corrected chi connectivity index (χ3v) is 3.56. The van der Waals surface area contributed by atoms with Crippen molar-refractivity contribution in [1.82, 2.24) is 4.90 Å². The van der Waals surface area contributed by atoms with Crippen molar-refractivity contribution in [3.8, 4) is 0 Å². The van der Waals surface area contributed by atoms with Gasteiger partial charge in [-0.05, 0) is 13.8 Å². The third kappa shape index (κ3) is 2.74. The molecule has 0 aliphatic carbocycles. The van der Waals surface area contributed by atoms with Crippen LogP contribution in [0.4, 0.5) is 0 Å². The van der Waals surface area contributed by atoms with E-state index in [0.29, 0.717) is 32.7 Å². The van der Waals surface area contributed by atoms with Crippen LogP contribution in [0.3, 0.4) is 0 Å². The maximum atomic E-state index is 11.8. The first-order valence-electron chi connectivity index (χ1n) is 5.88. The number of carbonyl (C=O) groups excluding carboxylic acids is 1. The van der Waals surface area contributed by atoms with E-state index < -0.39 is 5.60 Å². The summed E-state index contributed by atoms with van der Waals surface area (Å²) in [7, 11) is 0. The molecular formula is C12H23NO3. The molecule has 0 aromatic heterocycles. The van der Waals surface area contributed by atoms with Crippen LogP contribution in [0.15, 0.2) is 0 Å². The number of hydrogen-bond donors (Lipinski definition) is 1. The fourth-order valence-corrected chi connectivity index (χ4v) is 1.93. The van der Waals surface area contributed by atoms with Gasteiger partial charge >= 0.3 is 0 Å². The lowest BCUT2D eigenvalue weighted by molar-refractivity contribution is -0.132. The Morgan fingerprint density at radius 2 is 2.00 bits per heavy atom. The van der Waals surface area contributed by atoms with Crippen LogP contribution in [0.2, 0.25) is 0 Å². The maximum absolute atomic E-state index is 11.8. The first-order valence-corrected chi connectivity index (χ1v) is 5.88. The second-order valence-corrected chi connectivity index (χ2v) is 5.35. The highest BCUT2D eigenvalue weighted by Crippen LogP contribution is 2.38. The molecule has 0 spiro atoms. The number of likely N-dealkylation sites (tertiary alicyclic amines) is 1. The van der Waals surface area contributed by atoms with Gasteiger partial charge in [0.1, 0.15) is 0 Å². The Kier molecular flexibility index (Phi) is 3.97. The Hall–Kier alpha value is -0.610. The number of ether oxygens (including phenoxy) is 1. The largest absolute Gasteiger partial charge is 0.388 e. The number of nitrogens with zero attached hydrogens (tertiary/aromatic N) is 1. The average molecular weight is 229 g/mol. The third-order valence-electron chi connectivity index (χ3n) is 3.56. The Morgan fingerprint density at radius 1 is 1.38 bits per heavy atom. The Labute approximate surface area is 97.6 Å². The van der Waals surface area contributed by atoms with Gasteiger partial charge in [-0.3, -0.25) is 4.79 Å². The minimum atomic E-state index is -0.797. The molecule has 1 heterocycles. The number of carbonyl (C=O) groups is 1. The molecule has 0 aromatic carbocycles. The standard InChI is InChI=1S/C12H23NO3/c1-5-16-7-6-10(14)13-8-11(2,3)12(4,15)9-13/h15H,5-9H2,1-4H3. The second kappa shape index (κ2) is 4.72. The summed E-state index contributed by atoms with van der Waals surface area (Å²) in [6, 6.07) is 0. The molecule has 0 aromatic rings. The summed E-state index contributed by atoms with van der Waals surface area (Å²) in [6.45, 7) is 9.82. The molecule has 16 heavy (non-hydrogen) atoms. The number of β-amino-alcohol motifs (C(OH)–C–C–N with tert-alkyl or cyclic N) is 1. The van der Waals surface area contributed by atoms with Gasteiger partial charge in [0.05, 0.1) is 18.6 Å². The van der Waals surface area contributed by atoms with Crippen LogP contribution in [0.5, 0.6) is 0 Å². The molecule has 4 heteroatoms. The molecule has 1 unspecified atom stereocenters. The highest BCUT2D eigenvalue weighted by atomic mass is 16.5. The molecule has 0 bridgehead atoms. The van der Waals surface area contributed by atoms with Gasteiger partial charge in [-0.2, -0.15) is 0 Å². The molecule has 1 atom stereocenters. The van der Waals surface area contributed by atoms with Crippen LogP contribution >= 0.6 is 0 Å². The van der Waals surface area contributed by atoms with E-state index in [1.807, 2.05) is 20.8 Å². The fourth-order valence-electron chi connectivity index (χ4n) is 1.93. The summed E-state index contributed by atoms with van der Waals surface area (Å²) in [5, 5.41) is 10.2. The van der Waals surface area contributed by atoms with Gasteiger partial charge in [-0.1, -0.05) is 13.8 Å². The van der Waals surface area contributed by atoms with Crippen molar-refractivity contribution in [2.45, 2.75) is 39.7 Å². The molecule has 1 fully saturated rings. The fraction of sp³-hybridized carbons (Fsp3) is 0.917. The van der Waals surface area contributed by atoms with E-state index in [9.17, 15) is 9.90 Å². The van der Waals surface area contributed by atoms with Crippen molar-refractivity contribution in [2.75, 3.05) is 26.3 Å². The van der Waals surface area contributed by atoms with Crippen LogP contribution in [-0.4, -0.2) is 47.8 Å². The van der Waals surface area contributed by atoms with Crippen LogP contribution in [0, 0.1) is 5.41 Å². The van der Waals surface area contributed by atoms with E-state index >= 15 is 0 Å². The molecule has 1 amide bonds. The van der Waals surface area contributed by atoms with Crippen LogP contribution in [0.1, 0.15) is 34.1 Å². The molecule has 1 saturated heterocycles. The zero-order valence-corrected chi connectivity index (χ0v) is 10.7. The van der Waals surface area contributed by atoms with Crippen molar-refractivity contribution >= 4 is 5.91 Å². The van der Waals surface area contributed by atoms with Gasteiger partial charge in [0.25, 0.3) is 0 Å². The SMILES string of the molecule is CCOCCC(=O)N1CC(C)(C)C(C)(O)C1. The number of amides is 1. The summed E-state index contributed by atoms with van der Waals surface area (Å²) in [5.74, 6) is 0.0688. The van der Waals surface area contributed by atoms with Crippen molar-refractivity contribution in [3.05, 3.63) is 0 Å². The van der Waals surface area contributed by atoms with E-state index in [1.165, 1.54) is 0 Å². The highest BCUT2D eigenvalue weighted by Gasteiger charge is 2.48. The Bertz CT molecular complexity index is 245. The monoisotopic (exact) mass is 229 g/mol. The van der Waals surface area contributed by atoms with Crippen LogP contribution in [0.25, 0.3) is 0 Å². The van der Waals surface area contributed by atoms with Crippen molar-refractivity contribution in [1.29, 1.82) is 0 Å². The van der Waals surface area contributed by atoms with Crippen molar-refractivity contribution in [3.63, 3.8) is 0 Å². The van der Waals surface area contributed by atoms with Crippen LogP contribution in [-0.2, 0) is 9.53 Å². The Morgan fingerprint density at radius 3 is 2.44 bits per heavy atom. The second-order valence-electron chi connectivity index (χ2n) is 5.35. The molecule has 1 aliphatic heterocycles. The first-order chi connectivity index (χ1) is 7.30. The number of aliphatic hydroxyl groups is 1.